The van der Waals surface area contributed by atoms with Crippen LogP contribution in [0.5, 0.6) is 0 Å². The molecule has 4 nitrogen and oxygen atoms in total. The number of carbonyl (C=O) groups excluding carboxylic acids is 1. The Labute approximate surface area is 75.5 Å². The summed E-state index contributed by atoms with van der Waals surface area (Å²) >= 11 is 0. The van der Waals surface area contributed by atoms with Gasteiger partial charge in [-0.1, -0.05) is 18.2 Å². The van der Waals surface area contributed by atoms with E-state index in [4.69, 9.17) is 5.21 Å². The predicted octanol–water partition coefficient (Wildman–Crippen LogP) is 0.529. The highest BCUT2D eigenvalue weighted by molar-refractivity contribution is 5.97. The molecular formula is C9H10N2O2. The molecule has 4 heteroatoms. The fraction of sp³-hybridized carbons (Fsp3) is 0.222. The summed E-state index contributed by atoms with van der Waals surface area (Å²) < 4.78 is 0. The van der Waals surface area contributed by atoms with Crippen molar-refractivity contribution < 1.29 is 10.0 Å². The third-order valence-corrected chi connectivity index (χ3v) is 2.17. The summed E-state index contributed by atoms with van der Waals surface area (Å²) in [7, 11) is 0. The summed E-state index contributed by atoms with van der Waals surface area (Å²) in [4.78, 5) is 11.3. The van der Waals surface area contributed by atoms with Gasteiger partial charge < -0.3 is 10.5 Å². The molecule has 0 radical (unpaired) electrons. The number of anilines is 1. The van der Waals surface area contributed by atoms with Gasteiger partial charge in [-0.15, -0.1) is 0 Å². The van der Waals surface area contributed by atoms with Gasteiger partial charge in [0.05, 0.1) is 0 Å². The number of nitrogens with one attached hydrogen (secondary N) is 2. The quantitative estimate of drug-likeness (QED) is 0.550. The summed E-state index contributed by atoms with van der Waals surface area (Å²) in [5.41, 5.74) is 3.85. The average Bonchev–Trinajstić information content (AvgIpc) is 2.17. The first kappa shape index (κ1) is 8.22. The molecular weight excluding hydrogens is 168 g/mol. The van der Waals surface area contributed by atoms with E-state index in [-0.39, 0.29) is 5.91 Å². The molecule has 0 aliphatic carbocycles. The van der Waals surface area contributed by atoms with Gasteiger partial charge in [0, 0.05) is 12.1 Å². The van der Waals surface area contributed by atoms with Crippen LogP contribution in [0.4, 0.5) is 5.69 Å². The van der Waals surface area contributed by atoms with E-state index in [0.29, 0.717) is 6.42 Å². The lowest BCUT2D eigenvalue weighted by molar-refractivity contribution is -0.120. The Kier molecular flexibility index (Phi) is 2.00. The van der Waals surface area contributed by atoms with Gasteiger partial charge in [0.15, 0.2) is 0 Å². The van der Waals surface area contributed by atoms with Crippen LogP contribution < -0.4 is 10.8 Å². The number of carbonyl (C=O) groups is 1. The zero-order valence-corrected chi connectivity index (χ0v) is 6.95. The maximum absolute atomic E-state index is 11.3. The Morgan fingerprint density at radius 2 is 2.23 bits per heavy atom. The number of hydroxylamine groups is 1. The molecule has 68 valence electrons. The molecule has 1 aromatic rings. The van der Waals surface area contributed by atoms with Crippen molar-refractivity contribution in [2.45, 2.75) is 12.5 Å². The lowest BCUT2D eigenvalue weighted by Gasteiger charge is -2.22. The summed E-state index contributed by atoms with van der Waals surface area (Å²) in [5, 5.41) is 11.4. The molecule has 1 atom stereocenters. The number of fused-ring (bicyclic) bond motifs is 1. The zero-order valence-electron chi connectivity index (χ0n) is 6.95. The van der Waals surface area contributed by atoms with Gasteiger partial charge in [0.1, 0.15) is 6.04 Å². The van der Waals surface area contributed by atoms with Crippen LogP contribution in [0.2, 0.25) is 0 Å². The zero-order chi connectivity index (χ0) is 9.26. The van der Waals surface area contributed by atoms with E-state index in [2.05, 4.69) is 5.32 Å². The topological polar surface area (TPSA) is 61.4 Å². The van der Waals surface area contributed by atoms with E-state index in [1.54, 1.807) is 0 Å². The molecule has 0 fully saturated rings. The van der Waals surface area contributed by atoms with Crippen molar-refractivity contribution in [3.8, 4) is 0 Å². The molecule has 1 aliphatic rings. The van der Waals surface area contributed by atoms with E-state index in [9.17, 15) is 4.79 Å². The van der Waals surface area contributed by atoms with Gasteiger partial charge in [0.2, 0.25) is 5.91 Å². The number of benzene rings is 1. The first-order chi connectivity index (χ1) is 6.31. The Hall–Kier alpha value is -1.39. The minimum atomic E-state index is -0.533. The standard InChI is InChI=1S/C9H10N2O2/c12-9-8(11-13)5-6-3-1-2-4-7(6)10-9/h1-4,8,11,13H,5H2,(H,10,12). The molecule has 1 heterocycles. The van der Waals surface area contributed by atoms with Crippen molar-refractivity contribution in [1.29, 1.82) is 0 Å². The van der Waals surface area contributed by atoms with Gasteiger partial charge in [0.25, 0.3) is 0 Å². The lowest BCUT2D eigenvalue weighted by atomic mass is 10.00. The van der Waals surface area contributed by atoms with E-state index < -0.39 is 6.04 Å². The fourth-order valence-corrected chi connectivity index (χ4v) is 1.46. The molecule has 2 rings (SSSR count). The number of hydrogen-bond donors (Lipinski definition) is 3. The third kappa shape index (κ3) is 1.41. The smallest absolute Gasteiger partial charge is 0.244 e. The van der Waals surface area contributed by atoms with Crippen molar-refractivity contribution in [1.82, 2.24) is 5.48 Å². The number of para-hydroxylation sites is 1. The first-order valence-electron chi connectivity index (χ1n) is 4.09. The maximum atomic E-state index is 11.3. The number of rotatable bonds is 1. The molecule has 1 aliphatic heterocycles. The van der Waals surface area contributed by atoms with Crippen LogP contribution in [-0.2, 0) is 11.2 Å². The van der Waals surface area contributed by atoms with Crippen LogP contribution >= 0.6 is 0 Å². The minimum Gasteiger partial charge on any atom is -0.324 e. The van der Waals surface area contributed by atoms with Crippen molar-refractivity contribution >= 4 is 11.6 Å². The van der Waals surface area contributed by atoms with Crippen molar-refractivity contribution in [2.75, 3.05) is 5.32 Å². The first-order valence-corrected chi connectivity index (χ1v) is 4.09. The summed E-state index contributed by atoms with van der Waals surface area (Å²) in [5.74, 6) is -0.193. The number of hydrogen-bond acceptors (Lipinski definition) is 3. The van der Waals surface area contributed by atoms with Crippen LogP contribution in [0.1, 0.15) is 5.56 Å². The molecule has 0 saturated carbocycles. The second kappa shape index (κ2) is 3.16. The average molecular weight is 178 g/mol. The van der Waals surface area contributed by atoms with Crippen LogP contribution in [0.25, 0.3) is 0 Å². The molecule has 1 unspecified atom stereocenters. The Morgan fingerprint density at radius 1 is 1.46 bits per heavy atom. The second-order valence-corrected chi connectivity index (χ2v) is 3.03. The molecule has 0 saturated heterocycles. The van der Waals surface area contributed by atoms with Crippen molar-refractivity contribution in [2.24, 2.45) is 0 Å². The van der Waals surface area contributed by atoms with Gasteiger partial charge in [-0.25, -0.2) is 0 Å². The molecule has 1 aromatic carbocycles. The maximum Gasteiger partial charge on any atom is 0.244 e. The molecule has 13 heavy (non-hydrogen) atoms. The predicted molar refractivity (Wildman–Crippen MR) is 47.5 cm³/mol. The van der Waals surface area contributed by atoms with E-state index >= 15 is 0 Å². The summed E-state index contributed by atoms with van der Waals surface area (Å²) in [6.07, 6.45) is 0.526. The van der Waals surface area contributed by atoms with Crippen LogP contribution in [-0.4, -0.2) is 17.2 Å². The van der Waals surface area contributed by atoms with Crippen LogP contribution in [0, 0.1) is 0 Å². The van der Waals surface area contributed by atoms with Crippen molar-refractivity contribution in [3.05, 3.63) is 29.8 Å². The van der Waals surface area contributed by atoms with Gasteiger partial charge in [-0.3, -0.25) is 4.79 Å². The molecule has 0 bridgehead atoms. The molecule has 0 aromatic heterocycles. The third-order valence-electron chi connectivity index (χ3n) is 2.17. The van der Waals surface area contributed by atoms with E-state index in [0.717, 1.165) is 11.3 Å². The summed E-state index contributed by atoms with van der Waals surface area (Å²) in [6.45, 7) is 0. The van der Waals surface area contributed by atoms with Gasteiger partial charge in [-0.05, 0) is 11.6 Å². The minimum absolute atomic E-state index is 0.193. The van der Waals surface area contributed by atoms with E-state index in [1.165, 1.54) is 0 Å². The van der Waals surface area contributed by atoms with Crippen LogP contribution in [0.3, 0.4) is 0 Å². The Balaban J connectivity index is 2.33. The SMILES string of the molecule is O=C1Nc2ccccc2CC1NO. The Morgan fingerprint density at radius 3 is 3.00 bits per heavy atom. The number of amides is 1. The van der Waals surface area contributed by atoms with Gasteiger partial charge in [-0.2, -0.15) is 5.48 Å². The highest BCUT2D eigenvalue weighted by Gasteiger charge is 2.24. The van der Waals surface area contributed by atoms with E-state index in [1.807, 2.05) is 29.7 Å². The summed E-state index contributed by atoms with van der Waals surface area (Å²) in [6, 6.07) is 7.02. The second-order valence-electron chi connectivity index (χ2n) is 3.03. The highest BCUT2D eigenvalue weighted by atomic mass is 16.5. The normalized spacial score (nSPS) is 20.7. The largest absolute Gasteiger partial charge is 0.324 e. The van der Waals surface area contributed by atoms with Gasteiger partial charge >= 0.3 is 0 Å². The lowest BCUT2D eigenvalue weighted by Crippen LogP contribution is -2.43. The molecule has 3 N–H and O–H groups in total. The van der Waals surface area contributed by atoms with Crippen molar-refractivity contribution in [3.63, 3.8) is 0 Å². The van der Waals surface area contributed by atoms with Crippen LogP contribution in [0.15, 0.2) is 24.3 Å². The monoisotopic (exact) mass is 178 g/mol. The highest BCUT2D eigenvalue weighted by Crippen LogP contribution is 2.21. The fourth-order valence-electron chi connectivity index (χ4n) is 1.46. The molecule has 1 amide bonds. The Bertz CT molecular complexity index is 338. The molecule has 0 spiro atoms.